The quantitative estimate of drug-likeness (QED) is 0.476. The molecule has 10 nitrogen and oxygen atoms in total. The van der Waals surface area contributed by atoms with Crippen LogP contribution in [0, 0.1) is 10.1 Å². The molecule has 1 heterocycles. The number of amides is 1. The van der Waals surface area contributed by atoms with E-state index in [1.165, 1.54) is 36.4 Å². The van der Waals surface area contributed by atoms with E-state index in [0.717, 1.165) is 0 Å². The van der Waals surface area contributed by atoms with Crippen LogP contribution in [0.15, 0.2) is 57.8 Å². The van der Waals surface area contributed by atoms with E-state index in [0.29, 0.717) is 5.56 Å². The van der Waals surface area contributed by atoms with Crippen molar-refractivity contribution in [3.05, 3.63) is 64.2 Å². The van der Waals surface area contributed by atoms with Gasteiger partial charge in [0.1, 0.15) is 0 Å². The summed E-state index contributed by atoms with van der Waals surface area (Å²) in [6, 6.07) is 10.9. The number of carbonyl (C=O) groups excluding carboxylic acids is 1. The number of hydrogen-bond donors (Lipinski definition) is 1. The summed E-state index contributed by atoms with van der Waals surface area (Å²) in [5.41, 5.74) is 0.410. The lowest BCUT2D eigenvalue weighted by atomic mass is 10.2. The molecule has 3 aromatic rings. The minimum atomic E-state index is -3.47. The maximum Gasteiger partial charge on any atom is 0.322 e. The first-order valence-corrected chi connectivity index (χ1v) is 9.97. The highest BCUT2D eigenvalue weighted by molar-refractivity contribution is 7.92. The summed E-state index contributed by atoms with van der Waals surface area (Å²) >= 11 is 0. The number of sulfone groups is 1. The van der Waals surface area contributed by atoms with Crippen LogP contribution in [0.4, 0.5) is 11.7 Å². The van der Waals surface area contributed by atoms with Crippen LogP contribution >= 0.6 is 0 Å². The fraction of sp³-hybridized carbons (Fsp3) is 0.167. The summed E-state index contributed by atoms with van der Waals surface area (Å²) in [5, 5.41) is 20.0. The van der Waals surface area contributed by atoms with Gasteiger partial charge in [-0.3, -0.25) is 20.2 Å². The van der Waals surface area contributed by atoms with Crippen molar-refractivity contribution in [1.82, 2.24) is 10.2 Å². The van der Waals surface area contributed by atoms with Crippen molar-refractivity contribution in [2.45, 2.75) is 24.0 Å². The van der Waals surface area contributed by atoms with Gasteiger partial charge in [-0.25, -0.2) is 8.42 Å². The smallest absolute Gasteiger partial charge is 0.322 e. The summed E-state index contributed by atoms with van der Waals surface area (Å²) in [5.74, 6) is -0.559. The Labute approximate surface area is 165 Å². The molecule has 3 rings (SSSR count). The molecule has 0 aliphatic rings. The molecule has 0 saturated heterocycles. The van der Waals surface area contributed by atoms with E-state index in [1.54, 1.807) is 26.0 Å². The largest absolute Gasteiger partial charge is 0.403 e. The number of carbonyl (C=O) groups is 1. The van der Waals surface area contributed by atoms with E-state index in [4.69, 9.17) is 4.42 Å². The first-order chi connectivity index (χ1) is 13.7. The van der Waals surface area contributed by atoms with Crippen LogP contribution in [0.25, 0.3) is 11.5 Å². The first kappa shape index (κ1) is 20.1. The summed E-state index contributed by atoms with van der Waals surface area (Å²) < 4.78 is 30.0. The third-order valence-corrected chi connectivity index (χ3v) is 6.17. The number of nitro groups is 1. The van der Waals surface area contributed by atoms with Crippen LogP contribution in [0.2, 0.25) is 0 Å². The Hall–Kier alpha value is -3.60. The van der Waals surface area contributed by atoms with E-state index in [-0.39, 0.29) is 28.1 Å². The Morgan fingerprint density at radius 3 is 2.45 bits per heavy atom. The molecule has 1 amide bonds. The minimum absolute atomic E-state index is 0.0322. The molecule has 150 valence electrons. The molecule has 0 saturated carbocycles. The molecule has 0 unspecified atom stereocenters. The minimum Gasteiger partial charge on any atom is -0.403 e. The van der Waals surface area contributed by atoms with E-state index in [9.17, 15) is 23.3 Å². The number of nitrogens with one attached hydrogen (secondary N) is 1. The van der Waals surface area contributed by atoms with Crippen LogP contribution in [0.3, 0.4) is 0 Å². The molecular formula is C18H16N4O6S. The van der Waals surface area contributed by atoms with Gasteiger partial charge in [-0.05, 0) is 44.2 Å². The van der Waals surface area contributed by atoms with Crippen molar-refractivity contribution in [2.24, 2.45) is 0 Å². The molecule has 0 fully saturated rings. The Morgan fingerprint density at radius 2 is 1.83 bits per heavy atom. The van der Waals surface area contributed by atoms with Gasteiger partial charge in [-0.1, -0.05) is 11.2 Å². The third-order valence-electron chi connectivity index (χ3n) is 4.02. The standard InChI is InChI=1S/C18H16N4O6S/c1-11(2)29(26,27)15-5-3-4-13(10-15)17-20-21-18(28-17)19-16(23)12-6-8-14(9-7-12)22(24)25/h3-11H,1-2H3,(H,19,21,23). The van der Waals surface area contributed by atoms with Gasteiger partial charge < -0.3 is 4.42 Å². The Bertz CT molecular complexity index is 1170. The molecule has 1 aromatic heterocycles. The monoisotopic (exact) mass is 416 g/mol. The zero-order valence-corrected chi connectivity index (χ0v) is 16.2. The van der Waals surface area contributed by atoms with Crippen molar-refractivity contribution in [3.8, 4) is 11.5 Å². The zero-order valence-electron chi connectivity index (χ0n) is 15.4. The van der Waals surface area contributed by atoms with Crippen LogP contribution in [-0.4, -0.2) is 34.7 Å². The molecular weight excluding hydrogens is 400 g/mol. The number of aromatic nitrogens is 2. The third kappa shape index (κ3) is 4.29. The normalized spacial score (nSPS) is 11.4. The van der Waals surface area contributed by atoms with Crippen molar-refractivity contribution >= 4 is 27.4 Å². The van der Waals surface area contributed by atoms with E-state index in [2.05, 4.69) is 15.5 Å². The lowest BCUT2D eigenvalue weighted by Gasteiger charge is -2.08. The number of rotatable bonds is 6. The van der Waals surface area contributed by atoms with E-state index in [1.807, 2.05) is 0 Å². The van der Waals surface area contributed by atoms with Crippen molar-refractivity contribution in [2.75, 3.05) is 5.32 Å². The molecule has 0 aliphatic carbocycles. The molecule has 0 spiro atoms. The summed E-state index contributed by atoms with van der Waals surface area (Å²) in [7, 11) is -3.47. The Morgan fingerprint density at radius 1 is 1.14 bits per heavy atom. The molecule has 0 aliphatic heterocycles. The van der Waals surface area contributed by atoms with E-state index < -0.39 is 25.9 Å². The number of non-ortho nitro benzene ring substituents is 1. The Kier molecular flexibility index (Phi) is 5.41. The highest BCUT2D eigenvalue weighted by Crippen LogP contribution is 2.25. The van der Waals surface area contributed by atoms with Crippen LogP contribution in [-0.2, 0) is 9.84 Å². The maximum atomic E-state index is 12.3. The molecule has 0 radical (unpaired) electrons. The van der Waals surface area contributed by atoms with Crippen LogP contribution in [0.5, 0.6) is 0 Å². The van der Waals surface area contributed by atoms with Gasteiger partial charge in [0, 0.05) is 23.3 Å². The first-order valence-electron chi connectivity index (χ1n) is 8.42. The van der Waals surface area contributed by atoms with Gasteiger partial charge in [-0.2, -0.15) is 0 Å². The number of anilines is 1. The average molecular weight is 416 g/mol. The van der Waals surface area contributed by atoms with Gasteiger partial charge >= 0.3 is 6.01 Å². The van der Waals surface area contributed by atoms with Crippen molar-refractivity contribution in [1.29, 1.82) is 0 Å². The van der Waals surface area contributed by atoms with Gasteiger partial charge in [0.25, 0.3) is 11.6 Å². The van der Waals surface area contributed by atoms with E-state index >= 15 is 0 Å². The number of hydrogen-bond acceptors (Lipinski definition) is 8. The molecule has 2 aromatic carbocycles. The SMILES string of the molecule is CC(C)S(=O)(=O)c1cccc(-c2nnc(NC(=O)c3ccc([N+](=O)[O-])cc3)o2)c1. The number of benzene rings is 2. The summed E-state index contributed by atoms with van der Waals surface area (Å²) in [6.45, 7) is 3.17. The fourth-order valence-corrected chi connectivity index (χ4v) is 3.48. The highest BCUT2D eigenvalue weighted by Gasteiger charge is 2.21. The van der Waals surface area contributed by atoms with Gasteiger partial charge in [0.2, 0.25) is 5.89 Å². The number of nitro benzene ring substituents is 1. The predicted octanol–water partition coefficient (Wildman–Crippen LogP) is 3.08. The number of nitrogens with zero attached hydrogens (tertiary/aromatic N) is 3. The molecule has 1 N–H and O–H groups in total. The maximum absolute atomic E-state index is 12.3. The second-order valence-electron chi connectivity index (χ2n) is 6.29. The fourth-order valence-electron chi connectivity index (χ4n) is 2.37. The molecule has 0 atom stereocenters. The molecule has 0 bridgehead atoms. The Balaban J connectivity index is 1.79. The predicted molar refractivity (Wildman–Crippen MR) is 103 cm³/mol. The molecule has 29 heavy (non-hydrogen) atoms. The zero-order chi connectivity index (χ0) is 21.2. The topological polar surface area (TPSA) is 145 Å². The lowest BCUT2D eigenvalue weighted by Crippen LogP contribution is -2.13. The van der Waals surface area contributed by atoms with Gasteiger partial charge in [-0.15, -0.1) is 5.10 Å². The van der Waals surface area contributed by atoms with Crippen LogP contribution < -0.4 is 5.32 Å². The van der Waals surface area contributed by atoms with Crippen LogP contribution in [0.1, 0.15) is 24.2 Å². The average Bonchev–Trinajstić information content (AvgIpc) is 3.16. The lowest BCUT2D eigenvalue weighted by molar-refractivity contribution is -0.384. The van der Waals surface area contributed by atoms with Crippen molar-refractivity contribution in [3.63, 3.8) is 0 Å². The molecule has 11 heteroatoms. The van der Waals surface area contributed by atoms with Gasteiger partial charge in [0.15, 0.2) is 9.84 Å². The highest BCUT2D eigenvalue weighted by atomic mass is 32.2. The van der Waals surface area contributed by atoms with Crippen molar-refractivity contribution < 1.29 is 22.6 Å². The second kappa shape index (κ2) is 7.80. The summed E-state index contributed by atoms with van der Waals surface area (Å²) in [6.07, 6.45) is 0. The second-order valence-corrected chi connectivity index (χ2v) is 8.80. The van der Waals surface area contributed by atoms with Gasteiger partial charge in [0.05, 0.1) is 15.1 Å². The summed E-state index contributed by atoms with van der Waals surface area (Å²) in [4.78, 5) is 22.4.